The molecule has 38 heavy (non-hydrogen) atoms. The maximum Gasteiger partial charge on any atom is 0.408 e. The molecule has 7 nitrogen and oxygen atoms in total. The number of benzene rings is 3. The number of aryl methyl sites for hydroxylation is 2. The minimum absolute atomic E-state index is 0.333. The van der Waals surface area contributed by atoms with Crippen LogP contribution < -0.4 is 10.6 Å². The average Bonchev–Trinajstić information content (AvgIpc) is 2.82. The molecule has 2 N–H and O–H groups in total. The second-order valence-electron chi connectivity index (χ2n) is 11.0. The van der Waals surface area contributed by atoms with Crippen LogP contribution in [0.15, 0.2) is 60.7 Å². The highest BCUT2D eigenvalue weighted by Gasteiger charge is 2.37. The number of nitrogens with zero attached hydrogens (tertiary/aromatic N) is 1. The van der Waals surface area contributed by atoms with Crippen molar-refractivity contribution in [1.29, 1.82) is 0 Å². The van der Waals surface area contributed by atoms with E-state index in [0.717, 1.165) is 27.5 Å². The monoisotopic (exact) mass is 517 g/mol. The Bertz CT molecular complexity index is 1330. The molecule has 3 aromatic rings. The fourth-order valence-electron chi connectivity index (χ4n) is 4.40. The van der Waals surface area contributed by atoms with E-state index in [4.69, 9.17) is 4.74 Å². The van der Waals surface area contributed by atoms with Crippen molar-refractivity contribution in [1.82, 2.24) is 10.2 Å². The number of fused-ring (bicyclic) bond motifs is 1. The van der Waals surface area contributed by atoms with Gasteiger partial charge in [-0.3, -0.25) is 9.59 Å². The topological polar surface area (TPSA) is 87.7 Å². The van der Waals surface area contributed by atoms with Crippen molar-refractivity contribution in [2.45, 2.75) is 79.1 Å². The Kier molecular flexibility index (Phi) is 8.82. The van der Waals surface area contributed by atoms with E-state index in [0.29, 0.717) is 5.69 Å². The Morgan fingerprint density at radius 2 is 1.53 bits per heavy atom. The van der Waals surface area contributed by atoms with Crippen LogP contribution in [0.3, 0.4) is 0 Å². The average molecular weight is 518 g/mol. The van der Waals surface area contributed by atoms with Gasteiger partial charge in [-0.2, -0.15) is 0 Å². The maximum atomic E-state index is 14.0. The summed E-state index contributed by atoms with van der Waals surface area (Å²) >= 11 is 0. The van der Waals surface area contributed by atoms with E-state index in [1.54, 1.807) is 32.6 Å². The predicted molar refractivity (Wildman–Crippen MR) is 152 cm³/mol. The van der Waals surface area contributed by atoms with E-state index in [9.17, 15) is 14.4 Å². The molecule has 3 amide bonds. The summed E-state index contributed by atoms with van der Waals surface area (Å²) in [5, 5.41) is 7.73. The first kappa shape index (κ1) is 28.7. The lowest BCUT2D eigenvalue weighted by Crippen LogP contribution is -2.53. The molecule has 0 saturated heterocycles. The summed E-state index contributed by atoms with van der Waals surface area (Å²) in [5.41, 5.74) is 2.53. The van der Waals surface area contributed by atoms with E-state index in [1.165, 1.54) is 0 Å². The summed E-state index contributed by atoms with van der Waals surface area (Å²) in [6.07, 6.45) is -0.689. The molecular formula is C31H39N3O4. The van der Waals surface area contributed by atoms with Crippen LogP contribution in [0, 0.1) is 13.8 Å². The number of hydrogen-bond acceptors (Lipinski definition) is 4. The first-order valence-corrected chi connectivity index (χ1v) is 13.0. The maximum absolute atomic E-state index is 14.0. The Balaban J connectivity index is 1.99. The second-order valence-corrected chi connectivity index (χ2v) is 11.0. The number of hydrogen-bond donors (Lipinski definition) is 2. The molecule has 0 aliphatic rings. The van der Waals surface area contributed by atoms with Crippen LogP contribution in [-0.2, 0) is 14.3 Å². The Morgan fingerprint density at radius 1 is 0.868 bits per heavy atom. The fourth-order valence-corrected chi connectivity index (χ4v) is 4.40. The molecule has 202 valence electrons. The van der Waals surface area contributed by atoms with Crippen molar-refractivity contribution >= 4 is 34.4 Å². The van der Waals surface area contributed by atoms with Gasteiger partial charge >= 0.3 is 6.09 Å². The summed E-state index contributed by atoms with van der Waals surface area (Å²) in [6.45, 7) is 14.5. The fraction of sp³-hybridized carbons (Fsp3) is 0.387. The molecule has 7 heteroatoms. The molecule has 0 aromatic heterocycles. The minimum atomic E-state index is -0.920. The van der Waals surface area contributed by atoms with Crippen LogP contribution >= 0.6 is 0 Å². The first-order valence-electron chi connectivity index (χ1n) is 13.0. The van der Waals surface area contributed by atoms with Gasteiger partial charge in [0.1, 0.15) is 17.7 Å². The van der Waals surface area contributed by atoms with Gasteiger partial charge in [0.2, 0.25) is 5.91 Å². The highest BCUT2D eigenvalue weighted by atomic mass is 16.6. The predicted octanol–water partition coefficient (Wildman–Crippen LogP) is 6.29. The second kappa shape index (κ2) is 11.7. The molecule has 0 bridgehead atoms. The van der Waals surface area contributed by atoms with Gasteiger partial charge in [-0.1, -0.05) is 54.1 Å². The van der Waals surface area contributed by atoms with Crippen LogP contribution in [0.2, 0.25) is 0 Å². The molecular weight excluding hydrogens is 478 g/mol. The zero-order chi connectivity index (χ0) is 28.2. The van der Waals surface area contributed by atoms with Crippen molar-refractivity contribution < 1.29 is 19.1 Å². The third-order valence-corrected chi connectivity index (χ3v) is 6.19. The molecule has 0 spiro atoms. The summed E-state index contributed by atoms with van der Waals surface area (Å²) in [5.74, 6) is -0.717. The van der Waals surface area contributed by atoms with Gasteiger partial charge in [-0.15, -0.1) is 0 Å². The van der Waals surface area contributed by atoms with Crippen LogP contribution in [-0.4, -0.2) is 40.5 Å². The highest BCUT2D eigenvalue weighted by molar-refractivity contribution is 6.00. The minimum Gasteiger partial charge on any atom is -0.444 e. The Morgan fingerprint density at radius 3 is 2.16 bits per heavy atom. The number of anilines is 1. The van der Waals surface area contributed by atoms with Gasteiger partial charge < -0.3 is 20.3 Å². The lowest BCUT2D eigenvalue weighted by atomic mass is 9.95. The number of ether oxygens (including phenoxy) is 1. The molecule has 2 unspecified atom stereocenters. The number of carbonyl (C=O) groups is 3. The van der Waals surface area contributed by atoms with Crippen LogP contribution in [0.1, 0.15) is 64.3 Å². The Labute approximate surface area is 225 Å². The molecule has 3 aromatic carbocycles. The van der Waals surface area contributed by atoms with E-state index in [2.05, 4.69) is 10.6 Å². The van der Waals surface area contributed by atoms with Crippen LogP contribution in [0.5, 0.6) is 0 Å². The van der Waals surface area contributed by atoms with Gasteiger partial charge in [0, 0.05) is 11.7 Å². The molecule has 0 saturated carbocycles. The molecule has 0 aliphatic carbocycles. The third-order valence-electron chi connectivity index (χ3n) is 6.19. The standard InChI is InChI=1S/C31H39N3O4/c1-19(2)34(29(36)22(5)32-30(37)38-31(6,7)8)27(26-17-20(3)13-14-21(26)4)28(35)33-25-16-15-23-11-9-10-12-24(23)18-25/h9-19,22,27H,1-8H3,(H,32,37)(H,33,35). The highest BCUT2D eigenvalue weighted by Crippen LogP contribution is 2.30. The van der Waals surface area contributed by atoms with Gasteiger partial charge in [0.25, 0.3) is 5.91 Å². The molecule has 3 rings (SSSR count). The Hall–Kier alpha value is -3.87. The summed E-state index contributed by atoms with van der Waals surface area (Å²) < 4.78 is 5.34. The van der Waals surface area contributed by atoms with Crippen molar-refractivity contribution in [3.05, 3.63) is 77.4 Å². The summed E-state index contributed by atoms with van der Waals surface area (Å²) in [7, 11) is 0. The third kappa shape index (κ3) is 7.12. The molecule has 0 fully saturated rings. The van der Waals surface area contributed by atoms with Gasteiger partial charge in [-0.05, 0) is 89.4 Å². The lowest BCUT2D eigenvalue weighted by Gasteiger charge is -2.37. The lowest BCUT2D eigenvalue weighted by molar-refractivity contribution is -0.142. The van der Waals surface area contributed by atoms with Crippen molar-refractivity contribution in [3.63, 3.8) is 0 Å². The van der Waals surface area contributed by atoms with Gasteiger partial charge in [-0.25, -0.2) is 4.79 Å². The number of carbonyl (C=O) groups excluding carboxylic acids is 3. The molecule has 0 heterocycles. The SMILES string of the molecule is Cc1ccc(C)c(C(C(=O)Nc2ccc3ccccc3c2)N(C(=O)C(C)NC(=O)OC(C)(C)C)C(C)C)c1. The largest absolute Gasteiger partial charge is 0.444 e. The van der Waals surface area contributed by atoms with Crippen molar-refractivity contribution in [3.8, 4) is 0 Å². The number of nitrogens with one attached hydrogen (secondary N) is 2. The number of amides is 3. The van der Waals surface area contributed by atoms with Gasteiger partial charge in [0.05, 0.1) is 0 Å². The van der Waals surface area contributed by atoms with Crippen LogP contribution in [0.4, 0.5) is 10.5 Å². The molecule has 0 radical (unpaired) electrons. The van der Waals surface area contributed by atoms with Crippen molar-refractivity contribution in [2.24, 2.45) is 0 Å². The van der Waals surface area contributed by atoms with E-state index >= 15 is 0 Å². The zero-order valence-corrected chi connectivity index (χ0v) is 23.6. The molecule has 2 atom stereocenters. The van der Waals surface area contributed by atoms with E-state index in [-0.39, 0.29) is 17.9 Å². The number of rotatable bonds is 7. The number of alkyl carbamates (subject to hydrolysis) is 1. The van der Waals surface area contributed by atoms with Crippen LogP contribution in [0.25, 0.3) is 10.8 Å². The summed E-state index contributed by atoms with van der Waals surface area (Å²) in [4.78, 5) is 41.7. The first-order chi connectivity index (χ1) is 17.8. The quantitative estimate of drug-likeness (QED) is 0.386. The van der Waals surface area contributed by atoms with Gasteiger partial charge in [0.15, 0.2) is 0 Å². The summed E-state index contributed by atoms with van der Waals surface area (Å²) in [6, 6.07) is 17.3. The van der Waals surface area contributed by atoms with Crippen molar-refractivity contribution in [2.75, 3.05) is 5.32 Å². The molecule has 0 aliphatic heterocycles. The zero-order valence-electron chi connectivity index (χ0n) is 23.6. The van der Waals surface area contributed by atoms with E-state index < -0.39 is 23.8 Å². The van der Waals surface area contributed by atoms with E-state index in [1.807, 2.05) is 88.4 Å². The normalized spacial score (nSPS) is 13.1. The smallest absolute Gasteiger partial charge is 0.408 e.